The van der Waals surface area contributed by atoms with Gasteiger partial charge in [-0.2, -0.15) is 12.6 Å². The molecule has 2 heterocycles. The normalized spacial score (nSPS) is 18.9. The molecule has 0 aromatic heterocycles. The average Bonchev–Trinajstić information content (AvgIpc) is 2.71. The second kappa shape index (κ2) is 11.9. The van der Waals surface area contributed by atoms with Crippen LogP contribution in [-0.2, 0) is 33.4 Å². The van der Waals surface area contributed by atoms with E-state index in [1.54, 1.807) is 0 Å². The van der Waals surface area contributed by atoms with Crippen LogP contribution in [0, 0.1) is 0 Å². The van der Waals surface area contributed by atoms with E-state index in [4.69, 9.17) is 14.2 Å². The smallest absolute Gasteiger partial charge is 0.339 e. The maximum absolute atomic E-state index is 13.3. The molecule has 1 atom stereocenters. The van der Waals surface area contributed by atoms with Gasteiger partial charge in [-0.25, -0.2) is 19.2 Å². The zero-order chi connectivity index (χ0) is 26.4. The van der Waals surface area contributed by atoms with E-state index in [9.17, 15) is 34.5 Å². The number of dihydropyridines is 2. The Hall–Kier alpha value is -3.29. The predicted octanol–water partition coefficient (Wildman–Crippen LogP) is 0.786. The van der Waals surface area contributed by atoms with Gasteiger partial charge in [0.1, 0.15) is 17.3 Å². The number of carboxylic acids is 3. The molecule has 2 aliphatic rings. The summed E-state index contributed by atoms with van der Waals surface area (Å²) in [5, 5.41) is 34.6. The van der Waals surface area contributed by atoms with E-state index in [-0.39, 0.29) is 47.1 Å². The van der Waals surface area contributed by atoms with Gasteiger partial charge in [0.05, 0.1) is 31.0 Å². The Morgan fingerprint density at radius 1 is 0.714 bits per heavy atom. The van der Waals surface area contributed by atoms with E-state index in [0.29, 0.717) is 12.4 Å². The van der Waals surface area contributed by atoms with Crippen molar-refractivity contribution in [2.24, 2.45) is 0 Å². The molecule has 12 nitrogen and oxygen atoms in total. The van der Waals surface area contributed by atoms with Crippen LogP contribution < -0.4 is 10.6 Å². The van der Waals surface area contributed by atoms with Gasteiger partial charge in [0.25, 0.3) is 0 Å². The van der Waals surface area contributed by atoms with Crippen LogP contribution in [0.5, 0.6) is 0 Å². The van der Waals surface area contributed by atoms with E-state index < -0.39 is 47.2 Å². The van der Waals surface area contributed by atoms with Crippen molar-refractivity contribution in [3.63, 3.8) is 0 Å². The van der Waals surface area contributed by atoms with Crippen molar-refractivity contribution in [2.75, 3.05) is 25.6 Å². The van der Waals surface area contributed by atoms with Crippen LogP contribution >= 0.6 is 12.6 Å². The fourth-order valence-corrected chi connectivity index (χ4v) is 3.96. The molecule has 0 amide bonds. The van der Waals surface area contributed by atoms with Gasteiger partial charge < -0.3 is 40.2 Å². The van der Waals surface area contributed by atoms with E-state index in [2.05, 4.69) is 23.3 Å². The van der Waals surface area contributed by atoms with Gasteiger partial charge in [-0.3, -0.25) is 0 Å². The molecule has 1 unspecified atom stereocenters. The van der Waals surface area contributed by atoms with Crippen molar-refractivity contribution < 1.29 is 48.7 Å². The largest absolute Gasteiger partial charge is 0.478 e. The van der Waals surface area contributed by atoms with Crippen molar-refractivity contribution in [1.29, 1.82) is 0 Å². The zero-order valence-electron chi connectivity index (χ0n) is 19.6. The van der Waals surface area contributed by atoms with Crippen molar-refractivity contribution in [3.05, 3.63) is 45.1 Å². The number of carboxylic acid groups (broad SMARTS) is 3. The Bertz CT molecular complexity index is 1020. The molecular formula is C22H28N2O10S. The number of esters is 1. The molecule has 0 radical (unpaired) electrons. The van der Waals surface area contributed by atoms with Gasteiger partial charge in [0.15, 0.2) is 6.10 Å². The molecule has 5 N–H and O–H groups in total. The summed E-state index contributed by atoms with van der Waals surface area (Å²) in [4.78, 5) is 49.1. The highest BCUT2D eigenvalue weighted by molar-refractivity contribution is 7.80. The lowest BCUT2D eigenvalue weighted by Gasteiger charge is -2.32. The quantitative estimate of drug-likeness (QED) is 0.130. The molecule has 0 spiro atoms. The second-order valence-electron chi connectivity index (χ2n) is 7.69. The molecule has 13 heteroatoms. The fourth-order valence-electron chi connectivity index (χ4n) is 3.83. The van der Waals surface area contributed by atoms with Crippen LogP contribution in [0.4, 0.5) is 0 Å². The van der Waals surface area contributed by atoms with Gasteiger partial charge in [0.2, 0.25) is 0 Å². The first-order valence-corrected chi connectivity index (χ1v) is 11.1. The molecular weight excluding hydrogens is 484 g/mol. The van der Waals surface area contributed by atoms with Gasteiger partial charge in [-0.1, -0.05) is 0 Å². The summed E-state index contributed by atoms with van der Waals surface area (Å²) in [6.07, 6.45) is -3.13. The third-order valence-electron chi connectivity index (χ3n) is 5.30. The molecule has 0 aromatic rings. The standard InChI is InChI=1S/C22H28N2O10S/c1-9-13(19(25)26)17(33-6-5-32-7-8-35)16(12(4)24-9)22(31)34-18-14(20(27)28)10(2)23-11(3)15(18)21(29)30/h17-18,23-24,35H,5-8H2,1-4H3,(H,25,26)(H,27,28)(H,29,30). The van der Waals surface area contributed by atoms with Crippen LogP contribution in [0.1, 0.15) is 27.7 Å². The van der Waals surface area contributed by atoms with Crippen LogP contribution in [0.25, 0.3) is 0 Å². The maximum Gasteiger partial charge on any atom is 0.339 e. The molecule has 0 saturated carbocycles. The number of hydrogen-bond donors (Lipinski definition) is 6. The number of aliphatic carboxylic acids is 3. The van der Waals surface area contributed by atoms with E-state index in [1.807, 2.05) is 0 Å². The van der Waals surface area contributed by atoms with E-state index in [0.717, 1.165) is 0 Å². The minimum atomic E-state index is -1.75. The molecule has 0 aromatic carbocycles. The molecule has 2 aliphatic heterocycles. The Balaban J connectivity index is 2.46. The SMILES string of the molecule is CC1=C(C(=O)O)C(OC(=O)C2=C(C)NC(C)=C(C(=O)O)C2OCCOCCS)C(C(=O)O)=C(C)N1. The first kappa shape index (κ1) is 28.0. The van der Waals surface area contributed by atoms with Crippen molar-refractivity contribution in [1.82, 2.24) is 10.6 Å². The van der Waals surface area contributed by atoms with E-state index >= 15 is 0 Å². The minimum absolute atomic E-state index is 0.0707. The van der Waals surface area contributed by atoms with Crippen LogP contribution in [-0.4, -0.2) is 77.0 Å². The number of ether oxygens (including phenoxy) is 3. The molecule has 192 valence electrons. The van der Waals surface area contributed by atoms with Gasteiger partial charge in [0, 0.05) is 28.5 Å². The molecule has 0 fully saturated rings. The van der Waals surface area contributed by atoms with Gasteiger partial charge in [-0.05, 0) is 27.7 Å². The molecule has 0 bridgehead atoms. The molecule has 2 rings (SSSR count). The van der Waals surface area contributed by atoms with Crippen molar-refractivity contribution in [3.8, 4) is 0 Å². The lowest BCUT2D eigenvalue weighted by molar-refractivity contribution is -0.146. The Morgan fingerprint density at radius 3 is 1.57 bits per heavy atom. The summed E-state index contributed by atoms with van der Waals surface area (Å²) in [5.41, 5.74) is -0.774. The number of allylic oxidation sites excluding steroid dienone is 4. The maximum atomic E-state index is 13.3. The number of thiol groups is 1. The van der Waals surface area contributed by atoms with Crippen LogP contribution in [0.15, 0.2) is 45.1 Å². The first-order chi connectivity index (χ1) is 16.4. The summed E-state index contributed by atoms with van der Waals surface area (Å²) in [6, 6.07) is 0. The highest BCUT2D eigenvalue weighted by Gasteiger charge is 2.42. The number of rotatable bonds is 11. The Morgan fingerprint density at radius 2 is 1.14 bits per heavy atom. The van der Waals surface area contributed by atoms with Crippen LogP contribution in [0.2, 0.25) is 0 Å². The highest BCUT2D eigenvalue weighted by atomic mass is 32.1. The fraction of sp³-hybridized carbons (Fsp3) is 0.455. The summed E-state index contributed by atoms with van der Waals surface area (Å²) in [6.45, 7) is 6.17. The minimum Gasteiger partial charge on any atom is -0.478 e. The van der Waals surface area contributed by atoms with Gasteiger partial charge >= 0.3 is 23.9 Å². The van der Waals surface area contributed by atoms with Gasteiger partial charge in [-0.15, -0.1) is 0 Å². The Kier molecular flexibility index (Phi) is 9.51. The highest BCUT2D eigenvalue weighted by Crippen LogP contribution is 2.31. The molecule has 0 saturated heterocycles. The van der Waals surface area contributed by atoms with E-state index in [1.165, 1.54) is 27.7 Å². The Labute approximate surface area is 206 Å². The molecule has 0 aliphatic carbocycles. The predicted molar refractivity (Wildman–Crippen MR) is 124 cm³/mol. The summed E-state index contributed by atoms with van der Waals surface area (Å²) in [5.74, 6) is -4.98. The zero-order valence-corrected chi connectivity index (χ0v) is 20.5. The average molecular weight is 513 g/mol. The number of carbonyl (C=O) groups is 4. The number of carbonyl (C=O) groups excluding carboxylic acids is 1. The summed E-state index contributed by atoms with van der Waals surface area (Å²) < 4.78 is 16.4. The molecule has 35 heavy (non-hydrogen) atoms. The monoisotopic (exact) mass is 512 g/mol. The van der Waals surface area contributed by atoms with Crippen molar-refractivity contribution >= 4 is 36.5 Å². The second-order valence-corrected chi connectivity index (χ2v) is 8.14. The first-order valence-electron chi connectivity index (χ1n) is 10.5. The number of hydrogen-bond acceptors (Lipinski definition) is 10. The lowest BCUT2D eigenvalue weighted by Crippen LogP contribution is -2.42. The summed E-state index contributed by atoms with van der Waals surface area (Å²) >= 11 is 4.03. The summed E-state index contributed by atoms with van der Waals surface area (Å²) in [7, 11) is 0. The van der Waals surface area contributed by atoms with Crippen molar-refractivity contribution in [2.45, 2.75) is 39.9 Å². The topological polar surface area (TPSA) is 181 Å². The number of nitrogens with one attached hydrogen (secondary N) is 2. The third kappa shape index (κ3) is 6.24. The third-order valence-corrected chi connectivity index (χ3v) is 5.48. The lowest BCUT2D eigenvalue weighted by atomic mass is 9.92. The van der Waals surface area contributed by atoms with Crippen LogP contribution in [0.3, 0.4) is 0 Å².